The highest BCUT2D eigenvalue weighted by Gasteiger charge is 2.34. The van der Waals surface area contributed by atoms with Gasteiger partial charge in [-0.15, -0.1) is 0 Å². The van der Waals surface area contributed by atoms with E-state index in [-0.39, 0.29) is 30.3 Å². The predicted octanol–water partition coefficient (Wildman–Crippen LogP) is 2.74. The number of sulfonamides is 1. The van der Waals surface area contributed by atoms with Crippen molar-refractivity contribution < 1.29 is 13.2 Å². The molecule has 2 rings (SSSR count). The second kappa shape index (κ2) is 6.61. The lowest BCUT2D eigenvalue weighted by molar-refractivity contribution is -0.116. The molecule has 0 unspecified atom stereocenters. The van der Waals surface area contributed by atoms with Gasteiger partial charge in [0.2, 0.25) is 15.9 Å². The zero-order valence-electron chi connectivity index (χ0n) is 14.3. The van der Waals surface area contributed by atoms with Crippen LogP contribution >= 0.6 is 0 Å². The molecule has 1 saturated carbocycles. The third-order valence-corrected chi connectivity index (χ3v) is 5.28. The SMILES string of the molecule is CC(C)(C)c1ccccc1NC(=O)CCN(C1CC1)S(C)(=O)=O. The first-order chi connectivity index (χ1) is 10.6. The molecule has 5 nitrogen and oxygen atoms in total. The Hall–Kier alpha value is -1.40. The van der Waals surface area contributed by atoms with Crippen LogP contribution in [-0.4, -0.2) is 37.5 Å². The summed E-state index contributed by atoms with van der Waals surface area (Å²) in [7, 11) is -3.25. The van der Waals surface area contributed by atoms with Gasteiger partial charge in [0.25, 0.3) is 0 Å². The summed E-state index contributed by atoms with van der Waals surface area (Å²) in [5.74, 6) is -0.156. The van der Waals surface area contributed by atoms with E-state index in [0.29, 0.717) is 0 Å². The Kier molecular flexibility index (Phi) is 5.16. The van der Waals surface area contributed by atoms with E-state index in [4.69, 9.17) is 0 Å². The number of carbonyl (C=O) groups excluding carboxylic acids is 1. The first kappa shape index (κ1) is 17.9. The van der Waals surface area contributed by atoms with Gasteiger partial charge in [0, 0.05) is 24.7 Å². The zero-order valence-corrected chi connectivity index (χ0v) is 15.1. The van der Waals surface area contributed by atoms with Gasteiger partial charge >= 0.3 is 0 Å². The number of amides is 1. The van der Waals surface area contributed by atoms with E-state index >= 15 is 0 Å². The number of benzene rings is 1. The number of para-hydroxylation sites is 1. The molecular formula is C17H26N2O3S. The maximum atomic E-state index is 12.2. The molecule has 0 heterocycles. The molecule has 1 aliphatic carbocycles. The van der Waals surface area contributed by atoms with Gasteiger partial charge in [-0.3, -0.25) is 4.79 Å². The van der Waals surface area contributed by atoms with Gasteiger partial charge in [0.05, 0.1) is 6.26 Å². The monoisotopic (exact) mass is 338 g/mol. The Morgan fingerprint density at radius 1 is 1.26 bits per heavy atom. The van der Waals surface area contributed by atoms with E-state index in [1.165, 1.54) is 10.6 Å². The minimum absolute atomic E-state index is 0.0727. The van der Waals surface area contributed by atoms with Crippen molar-refractivity contribution in [3.8, 4) is 0 Å². The van der Waals surface area contributed by atoms with Gasteiger partial charge in [-0.1, -0.05) is 39.0 Å². The Balaban J connectivity index is 2.01. The largest absolute Gasteiger partial charge is 0.326 e. The molecule has 23 heavy (non-hydrogen) atoms. The van der Waals surface area contributed by atoms with Crippen LogP contribution in [0.25, 0.3) is 0 Å². The van der Waals surface area contributed by atoms with Crippen molar-refractivity contribution in [1.29, 1.82) is 0 Å². The van der Waals surface area contributed by atoms with E-state index in [1.807, 2.05) is 24.3 Å². The first-order valence-electron chi connectivity index (χ1n) is 7.95. The zero-order chi connectivity index (χ0) is 17.3. The van der Waals surface area contributed by atoms with Crippen LogP contribution in [-0.2, 0) is 20.2 Å². The fourth-order valence-corrected chi connectivity index (χ4v) is 3.83. The van der Waals surface area contributed by atoms with Crippen molar-refractivity contribution in [2.24, 2.45) is 0 Å². The molecule has 1 amide bonds. The number of nitrogens with zero attached hydrogens (tertiary/aromatic N) is 1. The second-order valence-electron chi connectivity index (χ2n) is 7.20. The minimum atomic E-state index is -3.25. The van der Waals surface area contributed by atoms with Crippen LogP contribution in [0.4, 0.5) is 5.69 Å². The van der Waals surface area contributed by atoms with Gasteiger partial charge in [0.1, 0.15) is 0 Å². The number of carbonyl (C=O) groups is 1. The number of hydrogen-bond acceptors (Lipinski definition) is 3. The van der Waals surface area contributed by atoms with Crippen LogP contribution in [0, 0.1) is 0 Å². The Morgan fingerprint density at radius 2 is 1.87 bits per heavy atom. The number of anilines is 1. The summed E-state index contributed by atoms with van der Waals surface area (Å²) in [6, 6.07) is 7.81. The van der Waals surface area contributed by atoms with E-state index in [1.54, 1.807) is 0 Å². The third-order valence-electron chi connectivity index (χ3n) is 3.95. The molecule has 128 valence electrons. The lowest BCUT2D eigenvalue weighted by atomic mass is 9.86. The van der Waals surface area contributed by atoms with Crippen LogP contribution in [0.5, 0.6) is 0 Å². The summed E-state index contributed by atoms with van der Waals surface area (Å²) < 4.78 is 25.0. The lowest BCUT2D eigenvalue weighted by Gasteiger charge is -2.23. The molecule has 0 radical (unpaired) electrons. The highest BCUT2D eigenvalue weighted by molar-refractivity contribution is 7.88. The van der Waals surface area contributed by atoms with Crippen LogP contribution in [0.2, 0.25) is 0 Å². The van der Waals surface area contributed by atoms with Gasteiger partial charge in [-0.25, -0.2) is 8.42 Å². The molecule has 6 heteroatoms. The molecule has 0 aliphatic heterocycles. The van der Waals surface area contributed by atoms with Crippen molar-refractivity contribution in [2.45, 2.75) is 51.5 Å². The summed E-state index contributed by atoms with van der Waals surface area (Å²) in [5, 5.41) is 2.92. The summed E-state index contributed by atoms with van der Waals surface area (Å²) in [6.07, 6.45) is 3.16. The molecule has 1 fully saturated rings. The predicted molar refractivity (Wildman–Crippen MR) is 93.0 cm³/mol. The Morgan fingerprint density at radius 3 is 2.39 bits per heavy atom. The highest BCUT2D eigenvalue weighted by atomic mass is 32.2. The second-order valence-corrected chi connectivity index (χ2v) is 9.13. The molecule has 0 bridgehead atoms. The average molecular weight is 338 g/mol. The van der Waals surface area contributed by atoms with Gasteiger partial charge in [0.15, 0.2) is 0 Å². The average Bonchev–Trinajstić information content (AvgIpc) is 3.21. The molecule has 1 aromatic rings. The molecule has 1 aliphatic rings. The molecule has 0 spiro atoms. The maximum Gasteiger partial charge on any atom is 0.225 e. The van der Waals surface area contributed by atoms with Crippen LogP contribution < -0.4 is 5.32 Å². The Labute approximate surface area is 139 Å². The summed E-state index contributed by atoms with van der Waals surface area (Å²) in [4.78, 5) is 12.2. The molecule has 0 saturated heterocycles. The quantitative estimate of drug-likeness (QED) is 0.867. The van der Waals surface area contributed by atoms with E-state index in [9.17, 15) is 13.2 Å². The summed E-state index contributed by atoms with van der Waals surface area (Å²) >= 11 is 0. The molecule has 1 N–H and O–H groups in total. The Bertz CT molecular complexity index is 673. The molecule has 0 atom stereocenters. The first-order valence-corrected chi connectivity index (χ1v) is 9.80. The molecule has 0 aromatic heterocycles. The van der Waals surface area contributed by atoms with Crippen molar-refractivity contribution in [3.05, 3.63) is 29.8 Å². The maximum absolute atomic E-state index is 12.2. The minimum Gasteiger partial charge on any atom is -0.326 e. The molecular weight excluding hydrogens is 312 g/mol. The van der Waals surface area contributed by atoms with Gasteiger partial charge in [-0.2, -0.15) is 4.31 Å². The van der Waals surface area contributed by atoms with Crippen LogP contribution in [0.3, 0.4) is 0 Å². The lowest BCUT2D eigenvalue weighted by Crippen LogP contribution is -2.34. The number of hydrogen-bond donors (Lipinski definition) is 1. The fraction of sp³-hybridized carbons (Fsp3) is 0.588. The normalized spacial score (nSPS) is 15.7. The van der Waals surface area contributed by atoms with Crippen LogP contribution in [0.1, 0.15) is 45.6 Å². The molecule has 1 aromatic carbocycles. The summed E-state index contributed by atoms with van der Waals surface area (Å²) in [6.45, 7) is 6.52. The van der Waals surface area contributed by atoms with E-state index in [2.05, 4.69) is 26.1 Å². The van der Waals surface area contributed by atoms with Crippen molar-refractivity contribution in [3.63, 3.8) is 0 Å². The van der Waals surface area contributed by atoms with E-state index in [0.717, 1.165) is 24.1 Å². The van der Waals surface area contributed by atoms with Crippen LogP contribution in [0.15, 0.2) is 24.3 Å². The summed E-state index contributed by atoms with van der Waals surface area (Å²) in [5.41, 5.74) is 1.79. The number of nitrogens with one attached hydrogen (secondary N) is 1. The third kappa shape index (κ3) is 5.04. The highest BCUT2D eigenvalue weighted by Crippen LogP contribution is 2.30. The number of rotatable bonds is 6. The van der Waals surface area contributed by atoms with E-state index < -0.39 is 10.0 Å². The van der Waals surface area contributed by atoms with Crippen molar-refractivity contribution in [1.82, 2.24) is 4.31 Å². The van der Waals surface area contributed by atoms with Crippen molar-refractivity contribution >= 4 is 21.6 Å². The smallest absolute Gasteiger partial charge is 0.225 e. The standard InChI is InChI=1S/C17H26N2O3S/c1-17(2,3)14-7-5-6-8-15(14)18-16(20)11-12-19(13-9-10-13)23(4,21)22/h5-8,13H,9-12H2,1-4H3,(H,18,20). The van der Waals surface area contributed by atoms with Gasteiger partial charge in [-0.05, 0) is 29.9 Å². The topological polar surface area (TPSA) is 66.5 Å². The van der Waals surface area contributed by atoms with Crippen molar-refractivity contribution in [2.75, 3.05) is 18.1 Å². The van der Waals surface area contributed by atoms with Gasteiger partial charge < -0.3 is 5.32 Å². The fourth-order valence-electron chi connectivity index (χ4n) is 2.65.